The number of ether oxygens (including phenoxy) is 3. The lowest BCUT2D eigenvalue weighted by Gasteiger charge is -2.10. The van der Waals surface area contributed by atoms with E-state index in [9.17, 15) is 9.59 Å². The van der Waals surface area contributed by atoms with Crippen LogP contribution < -0.4 is 4.74 Å². The SMILES string of the molecule is COC(=O)COc1cc(C(=O)OC)nc2cc(C#N)ccc12. The summed E-state index contributed by atoms with van der Waals surface area (Å²) in [7, 11) is 2.48. The van der Waals surface area contributed by atoms with Crippen molar-refractivity contribution in [3.63, 3.8) is 0 Å². The van der Waals surface area contributed by atoms with Gasteiger partial charge in [-0.25, -0.2) is 14.6 Å². The zero-order valence-electron chi connectivity index (χ0n) is 12.0. The van der Waals surface area contributed by atoms with Gasteiger partial charge in [-0.15, -0.1) is 0 Å². The van der Waals surface area contributed by atoms with Gasteiger partial charge in [0.1, 0.15) is 5.75 Å². The van der Waals surface area contributed by atoms with Crippen LogP contribution in [0.1, 0.15) is 16.1 Å². The van der Waals surface area contributed by atoms with E-state index in [-0.39, 0.29) is 18.1 Å². The summed E-state index contributed by atoms with van der Waals surface area (Å²) in [4.78, 5) is 27.0. The average molecular weight is 300 g/mol. The summed E-state index contributed by atoms with van der Waals surface area (Å²) in [5.41, 5.74) is 0.799. The third-order valence-corrected chi connectivity index (χ3v) is 2.87. The van der Waals surface area contributed by atoms with Crippen LogP contribution in [0.2, 0.25) is 0 Å². The van der Waals surface area contributed by atoms with Gasteiger partial charge in [0.05, 0.1) is 31.4 Å². The van der Waals surface area contributed by atoms with Crippen molar-refractivity contribution in [3.8, 4) is 11.8 Å². The van der Waals surface area contributed by atoms with E-state index in [1.54, 1.807) is 12.1 Å². The van der Waals surface area contributed by atoms with Gasteiger partial charge in [-0.2, -0.15) is 5.26 Å². The van der Waals surface area contributed by atoms with Crippen LogP contribution in [0.5, 0.6) is 5.75 Å². The molecule has 1 heterocycles. The minimum atomic E-state index is -0.646. The zero-order valence-corrected chi connectivity index (χ0v) is 12.0. The minimum Gasteiger partial charge on any atom is -0.481 e. The molecule has 0 radical (unpaired) electrons. The quantitative estimate of drug-likeness (QED) is 0.788. The Morgan fingerprint density at radius 3 is 2.64 bits per heavy atom. The number of aromatic nitrogens is 1. The number of nitriles is 1. The predicted octanol–water partition coefficient (Wildman–Crippen LogP) is 1.44. The lowest BCUT2D eigenvalue weighted by Crippen LogP contribution is -2.13. The van der Waals surface area contributed by atoms with Gasteiger partial charge in [0.25, 0.3) is 0 Å². The Morgan fingerprint density at radius 2 is 2.00 bits per heavy atom. The molecule has 0 aliphatic carbocycles. The second-order valence-corrected chi connectivity index (χ2v) is 4.21. The molecule has 0 unspecified atom stereocenters. The number of carbonyl (C=O) groups excluding carboxylic acids is 2. The van der Waals surface area contributed by atoms with Gasteiger partial charge in [0, 0.05) is 11.5 Å². The van der Waals surface area contributed by atoms with Crippen molar-refractivity contribution in [3.05, 3.63) is 35.5 Å². The highest BCUT2D eigenvalue weighted by molar-refractivity contribution is 5.94. The smallest absolute Gasteiger partial charge is 0.356 e. The van der Waals surface area contributed by atoms with Crippen LogP contribution in [-0.4, -0.2) is 37.7 Å². The summed E-state index contributed by atoms with van der Waals surface area (Å²) >= 11 is 0. The highest BCUT2D eigenvalue weighted by Crippen LogP contribution is 2.26. The van der Waals surface area contributed by atoms with Crippen LogP contribution in [0.3, 0.4) is 0 Å². The Balaban J connectivity index is 2.53. The molecular formula is C15H12N2O5. The molecule has 0 atom stereocenters. The molecule has 112 valence electrons. The van der Waals surface area contributed by atoms with Crippen molar-refractivity contribution >= 4 is 22.8 Å². The molecule has 22 heavy (non-hydrogen) atoms. The number of methoxy groups -OCH3 is 2. The fourth-order valence-electron chi connectivity index (χ4n) is 1.79. The summed E-state index contributed by atoms with van der Waals surface area (Å²) < 4.78 is 14.5. The molecule has 7 heteroatoms. The number of hydrogen-bond donors (Lipinski definition) is 0. The van der Waals surface area contributed by atoms with E-state index in [0.29, 0.717) is 16.5 Å². The van der Waals surface area contributed by atoms with Crippen LogP contribution in [0.25, 0.3) is 10.9 Å². The molecule has 2 aromatic rings. The second-order valence-electron chi connectivity index (χ2n) is 4.21. The Morgan fingerprint density at radius 1 is 1.23 bits per heavy atom. The Kier molecular flexibility index (Phi) is 4.53. The second kappa shape index (κ2) is 6.54. The fourth-order valence-corrected chi connectivity index (χ4v) is 1.79. The topological polar surface area (TPSA) is 98.5 Å². The molecule has 0 fully saturated rings. The molecule has 0 aliphatic rings. The Bertz CT molecular complexity index is 779. The molecule has 1 aromatic carbocycles. The summed E-state index contributed by atoms with van der Waals surface area (Å²) in [6, 6.07) is 8.11. The van der Waals surface area contributed by atoms with E-state index in [0.717, 1.165) is 0 Å². The van der Waals surface area contributed by atoms with Crippen molar-refractivity contribution < 1.29 is 23.8 Å². The van der Waals surface area contributed by atoms with Gasteiger partial charge in [-0.05, 0) is 18.2 Å². The van der Waals surface area contributed by atoms with Gasteiger partial charge >= 0.3 is 11.9 Å². The van der Waals surface area contributed by atoms with E-state index < -0.39 is 11.9 Å². The van der Waals surface area contributed by atoms with E-state index in [4.69, 9.17) is 10.00 Å². The highest BCUT2D eigenvalue weighted by Gasteiger charge is 2.15. The van der Waals surface area contributed by atoms with Gasteiger partial charge < -0.3 is 14.2 Å². The number of rotatable bonds is 4. The lowest BCUT2D eigenvalue weighted by molar-refractivity contribution is -0.142. The molecule has 0 saturated heterocycles. The number of pyridine rings is 1. The normalized spacial score (nSPS) is 9.86. The first-order valence-electron chi connectivity index (χ1n) is 6.22. The maximum Gasteiger partial charge on any atom is 0.356 e. The maximum atomic E-state index is 11.7. The molecule has 0 spiro atoms. The number of carbonyl (C=O) groups is 2. The first kappa shape index (κ1) is 15.3. The molecule has 0 N–H and O–H groups in total. The van der Waals surface area contributed by atoms with Crippen LogP contribution in [-0.2, 0) is 14.3 Å². The molecule has 0 saturated carbocycles. The summed E-state index contributed by atoms with van der Waals surface area (Å²) in [5, 5.41) is 9.50. The zero-order chi connectivity index (χ0) is 16.1. The largest absolute Gasteiger partial charge is 0.481 e. The van der Waals surface area contributed by atoms with Crippen molar-refractivity contribution in [2.75, 3.05) is 20.8 Å². The molecular weight excluding hydrogens is 288 g/mol. The highest BCUT2D eigenvalue weighted by atomic mass is 16.6. The van der Waals surface area contributed by atoms with Crippen molar-refractivity contribution in [2.45, 2.75) is 0 Å². The molecule has 1 aromatic heterocycles. The van der Waals surface area contributed by atoms with E-state index in [1.807, 2.05) is 6.07 Å². The van der Waals surface area contributed by atoms with Gasteiger partial charge in [0.15, 0.2) is 12.3 Å². The third-order valence-electron chi connectivity index (χ3n) is 2.87. The predicted molar refractivity (Wildman–Crippen MR) is 75.3 cm³/mol. The van der Waals surface area contributed by atoms with Crippen molar-refractivity contribution in [1.82, 2.24) is 4.98 Å². The minimum absolute atomic E-state index is 0.0185. The molecule has 2 rings (SSSR count). The van der Waals surface area contributed by atoms with Crippen molar-refractivity contribution in [2.24, 2.45) is 0 Å². The number of esters is 2. The number of nitrogens with zero attached hydrogens (tertiary/aromatic N) is 2. The first-order chi connectivity index (χ1) is 10.6. The Hall–Kier alpha value is -3.14. The molecule has 0 amide bonds. The van der Waals surface area contributed by atoms with Gasteiger partial charge in [-0.3, -0.25) is 0 Å². The summed E-state index contributed by atoms with van der Waals surface area (Å²) in [6.07, 6.45) is 0. The Labute approximate surface area is 126 Å². The van der Waals surface area contributed by atoms with Gasteiger partial charge in [-0.1, -0.05) is 0 Å². The van der Waals surface area contributed by atoms with Crippen LogP contribution in [0, 0.1) is 11.3 Å². The van der Waals surface area contributed by atoms with Crippen LogP contribution >= 0.6 is 0 Å². The number of fused-ring (bicyclic) bond motifs is 1. The lowest BCUT2D eigenvalue weighted by atomic mass is 10.1. The maximum absolute atomic E-state index is 11.7. The molecule has 0 bridgehead atoms. The first-order valence-corrected chi connectivity index (χ1v) is 6.22. The molecule has 0 aliphatic heterocycles. The fraction of sp³-hybridized carbons (Fsp3) is 0.200. The van der Waals surface area contributed by atoms with E-state index >= 15 is 0 Å². The van der Waals surface area contributed by atoms with Crippen LogP contribution in [0.4, 0.5) is 0 Å². The summed E-state index contributed by atoms with van der Waals surface area (Å²) in [5.74, 6) is -0.925. The van der Waals surface area contributed by atoms with E-state index in [1.165, 1.54) is 26.4 Å². The molecule has 7 nitrogen and oxygen atoms in total. The van der Waals surface area contributed by atoms with Gasteiger partial charge in [0.2, 0.25) is 0 Å². The number of benzene rings is 1. The van der Waals surface area contributed by atoms with E-state index in [2.05, 4.69) is 14.5 Å². The van der Waals surface area contributed by atoms with Crippen molar-refractivity contribution in [1.29, 1.82) is 5.26 Å². The average Bonchev–Trinajstić information content (AvgIpc) is 2.57. The third kappa shape index (κ3) is 3.12. The standard InChI is InChI=1S/C15H12N2O5/c1-20-14(18)8-22-13-6-12(15(19)21-2)17-11-5-9(7-16)3-4-10(11)13/h3-6H,8H2,1-2H3. The summed E-state index contributed by atoms with van der Waals surface area (Å²) in [6.45, 7) is -0.309. The monoisotopic (exact) mass is 300 g/mol. The van der Waals surface area contributed by atoms with Crippen LogP contribution in [0.15, 0.2) is 24.3 Å². The number of hydrogen-bond acceptors (Lipinski definition) is 7.